The Balaban J connectivity index is 1.69. The summed E-state index contributed by atoms with van der Waals surface area (Å²) >= 11 is 6.10. The first kappa shape index (κ1) is 13.0. The Kier molecular flexibility index (Phi) is 3.62. The number of benzene rings is 1. The van der Waals surface area contributed by atoms with Gasteiger partial charge in [0.1, 0.15) is 6.07 Å². The van der Waals surface area contributed by atoms with E-state index in [2.05, 4.69) is 16.1 Å². The van der Waals surface area contributed by atoms with Crippen molar-refractivity contribution in [3.8, 4) is 6.07 Å². The molecule has 0 unspecified atom stereocenters. The number of piperidine rings is 1. The fourth-order valence-electron chi connectivity index (χ4n) is 2.68. The third kappa shape index (κ3) is 2.50. The lowest BCUT2D eigenvalue weighted by Gasteiger charge is -2.33. The monoisotopic (exact) mass is 286 g/mol. The van der Waals surface area contributed by atoms with Crippen molar-refractivity contribution in [2.45, 2.75) is 18.9 Å². The molecule has 0 spiro atoms. The van der Waals surface area contributed by atoms with Crippen LogP contribution in [0.4, 0.5) is 5.69 Å². The maximum absolute atomic E-state index is 8.90. The van der Waals surface area contributed by atoms with Crippen molar-refractivity contribution in [3.05, 3.63) is 47.2 Å². The number of aromatic nitrogens is 2. The molecule has 2 heterocycles. The predicted octanol–water partition coefficient (Wildman–Crippen LogP) is 3.25. The molecule has 0 aliphatic carbocycles. The van der Waals surface area contributed by atoms with E-state index in [4.69, 9.17) is 16.9 Å². The Hall–Kier alpha value is -1.99. The molecule has 0 saturated carbocycles. The van der Waals surface area contributed by atoms with Gasteiger partial charge < -0.3 is 4.90 Å². The van der Waals surface area contributed by atoms with Crippen molar-refractivity contribution in [1.29, 1.82) is 5.26 Å². The normalized spacial score (nSPS) is 16.1. The number of anilines is 1. The van der Waals surface area contributed by atoms with E-state index in [-0.39, 0.29) is 0 Å². The summed E-state index contributed by atoms with van der Waals surface area (Å²) in [7, 11) is 0. The van der Waals surface area contributed by atoms with Crippen LogP contribution in [0.5, 0.6) is 0 Å². The van der Waals surface area contributed by atoms with E-state index < -0.39 is 0 Å². The van der Waals surface area contributed by atoms with Gasteiger partial charge >= 0.3 is 0 Å². The summed E-state index contributed by atoms with van der Waals surface area (Å²) in [6.45, 7) is 1.96. The van der Waals surface area contributed by atoms with E-state index in [0.717, 1.165) is 31.6 Å². The maximum atomic E-state index is 8.90. The second-order valence-corrected chi connectivity index (χ2v) is 5.39. The van der Waals surface area contributed by atoms with Gasteiger partial charge in [-0.05, 0) is 37.1 Å². The van der Waals surface area contributed by atoms with Gasteiger partial charge in [0.2, 0.25) is 0 Å². The first-order valence-corrected chi connectivity index (χ1v) is 7.09. The smallest absolute Gasteiger partial charge is 0.101 e. The fraction of sp³-hybridized carbons (Fsp3) is 0.333. The molecule has 4 nitrogen and oxygen atoms in total. The van der Waals surface area contributed by atoms with E-state index in [1.165, 1.54) is 0 Å². The number of nitrogens with zero attached hydrogens (tertiary/aromatic N) is 4. The Bertz CT molecular complexity index is 622. The van der Waals surface area contributed by atoms with Gasteiger partial charge in [0.05, 0.1) is 16.6 Å². The summed E-state index contributed by atoms with van der Waals surface area (Å²) in [5.74, 6) is 0. The minimum absolute atomic E-state index is 0.482. The average Bonchev–Trinajstić information content (AvgIpc) is 3.01. The Morgan fingerprint density at radius 2 is 2.10 bits per heavy atom. The quantitative estimate of drug-likeness (QED) is 0.851. The summed E-state index contributed by atoms with van der Waals surface area (Å²) in [5, 5.41) is 13.7. The summed E-state index contributed by atoms with van der Waals surface area (Å²) < 4.78 is 2.04. The lowest BCUT2D eigenvalue weighted by molar-refractivity contribution is 0.367. The van der Waals surface area contributed by atoms with Gasteiger partial charge in [-0.25, -0.2) is 0 Å². The molecule has 102 valence electrons. The van der Waals surface area contributed by atoms with Gasteiger partial charge in [-0.15, -0.1) is 0 Å². The highest BCUT2D eigenvalue weighted by Crippen LogP contribution is 2.28. The van der Waals surface area contributed by atoms with Crippen LogP contribution < -0.4 is 4.90 Å². The predicted molar refractivity (Wildman–Crippen MR) is 78.9 cm³/mol. The summed E-state index contributed by atoms with van der Waals surface area (Å²) in [6.07, 6.45) is 5.99. The molecular formula is C15H15ClN4. The molecule has 1 aliphatic rings. The summed E-state index contributed by atoms with van der Waals surface area (Å²) in [6, 6.07) is 10.2. The van der Waals surface area contributed by atoms with Crippen molar-refractivity contribution in [3.63, 3.8) is 0 Å². The highest BCUT2D eigenvalue weighted by atomic mass is 35.5. The molecule has 1 aliphatic heterocycles. The molecule has 5 heteroatoms. The van der Waals surface area contributed by atoms with Crippen molar-refractivity contribution in [2.75, 3.05) is 18.0 Å². The fourth-order valence-corrected chi connectivity index (χ4v) is 2.89. The Morgan fingerprint density at radius 3 is 2.70 bits per heavy atom. The van der Waals surface area contributed by atoms with E-state index in [1.54, 1.807) is 6.07 Å². The van der Waals surface area contributed by atoms with Gasteiger partial charge in [0.25, 0.3) is 0 Å². The second-order valence-electron chi connectivity index (χ2n) is 4.98. The SMILES string of the molecule is N#Cc1ccc(N2CCC(n3cccn3)CC2)cc1Cl. The molecule has 0 radical (unpaired) electrons. The van der Waals surface area contributed by atoms with E-state index in [0.29, 0.717) is 16.6 Å². The Morgan fingerprint density at radius 1 is 1.30 bits per heavy atom. The first-order chi connectivity index (χ1) is 9.78. The topological polar surface area (TPSA) is 44.9 Å². The van der Waals surface area contributed by atoms with Crippen molar-refractivity contribution in [1.82, 2.24) is 9.78 Å². The van der Waals surface area contributed by atoms with Crippen LogP contribution >= 0.6 is 11.6 Å². The first-order valence-electron chi connectivity index (χ1n) is 6.71. The zero-order valence-electron chi connectivity index (χ0n) is 11.0. The van der Waals surface area contributed by atoms with Crippen LogP contribution in [0.1, 0.15) is 24.4 Å². The van der Waals surface area contributed by atoms with E-state index in [1.807, 2.05) is 35.3 Å². The zero-order valence-corrected chi connectivity index (χ0v) is 11.8. The third-order valence-corrected chi connectivity index (χ3v) is 4.11. The second kappa shape index (κ2) is 5.56. The molecule has 1 aromatic carbocycles. The number of nitriles is 1. The molecule has 3 rings (SSSR count). The van der Waals surface area contributed by atoms with Gasteiger partial charge in [0, 0.05) is 31.2 Å². The van der Waals surface area contributed by atoms with Crippen LogP contribution in [0.25, 0.3) is 0 Å². The number of hydrogen-bond donors (Lipinski definition) is 0. The molecule has 1 saturated heterocycles. The van der Waals surface area contributed by atoms with E-state index >= 15 is 0 Å². The molecule has 0 bridgehead atoms. The molecule has 0 N–H and O–H groups in total. The molecule has 20 heavy (non-hydrogen) atoms. The standard InChI is InChI=1S/C15H15ClN4/c16-15-10-14(3-2-12(15)11-17)19-8-4-13(5-9-19)20-7-1-6-18-20/h1-3,6-7,10,13H,4-5,8-9H2. The van der Waals surface area contributed by atoms with Gasteiger partial charge in [-0.1, -0.05) is 11.6 Å². The van der Waals surface area contributed by atoms with Crippen LogP contribution in [0.2, 0.25) is 5.02 Å². The third-order valence-electron chi connectivity index (χ3n) is 3.80. The largest absolute Gasteiger partial charge is 0.371 e. The minimum Gasteiger partial charge on any atom is -0.371 e. The molecule has 0 amide bonds. The maximum Gasteiger partial charge on any atom is 0.101 e. The highest BCUT2D eigenvalue weighted by Gasteiger charge is 2.21. The zero-order chi connectivity index (χ0) is 13.9. The molecular weight excluding hydrogens is 272 g/mol. The van der Waals surface area contributed by atoms with Gasteiger partial charge in [-0.2, -0.15) is 10.4 Å². The van der Waals surface area contributed by atoms with Crippen LogP contribution in [-0.2, 0) is 0 Å². The number of halogens is 1. The minimum atomic E-state index is 0.482. The van der Waals surface area contributed by atoms with Crippen molar-refractivity contribution >= 4 is 17.3 Å². The van der Waals surface area contributed by atoms with Gasteiger partial charge in [0.15, 0.2) is 0 Å². The summed E-state index contributed by atoms with van der Waals surface area (Å²) in [5.41, 5.74) is 1.62. The molecule has 0 atom stereocenters. The lowest BCUT2D eigenvalue weighted by Crippen LogP contribution is -2.34. The van der Waals surface area contributed by atoms with Crippen LogP contribution in [0, 0.1) is 11.3 Å². The Labute approximate surface area is 123 Å². The van der Waals surface area contributed by atoms with Crippen LogP contribution in [0.3, 0.4) is 0 Å². The molecule has 1 fully saturated rings. The lowest BCUT2D eigenvalue weighted by atomic mass is 10.0. The summed E-state index contributed by atoms with van der Waals surface area (Å²) in [4.78, 5) is 2.31. The van der Waals surface area contributed by atoms with Crippen molar-refractivity contribution < 1.29 is 0 Å². The van der Waals surface area contributed by atoms with Crippen LogP contribution in [-0.4, -0.2) is 22.9 Å². The molecule has 1 aromatic heterocycles. The highest BCUT2D eigenvalue weighted by molar-refractivity contribution is 6.32. The van der Waals surface area contributed by atoms with Crippen LogP contribution in [0.15, 0.2) is 36.7 Å². The van der Waals surface area contributed by atoms with E-state index in [9.17, 15) is 0 Å². The molecule has 2 aromatic rings. The average molecular weight is 287 g/mol. The van der Waals surface area contributed by atoms with Gasteiger partial charge in [-0.3, -0.25) is 4.68 Å². The number of rotatable bonds is 2. The number of hydrogen-bond acceptors (Lipinski definition) is 3. The van der Waals surface area contributed by atoms with Crippen molar-refractivity contribution in [2.24, 2.45) is 0 Å².